The van der Waals surface area contributed by atoms with E-state index in [0.29, 0.717) is 35.5 Å². The van der Waals surface area contributed by atoms with Crippen molar-refractivity contribution in [2.45, 2.75) is 38.8 Å². The number of anilines is 1. The molecule has 2 aromatic rings. The van der Waals surface area contributed by atoms with E-state index >= 15 is 0 Å². The number of nitrogens with one attached hydrogen (secondary N) is 3. The van der Waals surface area contributed by atoms with Crippen LogP contribution in [0, 0.1) is 0 Å². The van der Waals surface area contributed by atoms with Gasteiger partial charge in [0.1, 0.15) is 5.60 Å². The molecule has 2 heterocycles. The highest BCUT2D eigenvalue weighted by Crippen LogP contribution is 2.29. The molecule has 0 aliphatic carbocycles. The van der Waals surface area contributed by atoms with Gasteiger partial charge in [0.25, 0.3) is 5.91 Å². The number of fused-ring (bicyclic) bond motifs is 4. The number of amides is 3. The molecule has 3 rings (SSSR count). The topological polar surface area (TPSA) is 119 Å². The Bertz CT molecular complexity index is 1070. The number of ether oxygens (including phenoxy) is 2. The molecule has 9 heteroatoms. The lowest BCUT2D eigenvalue weighted by Gasteiger charge is -2.23. The van der Waals surface area contributed by atoms with Gasteiger partial charge in [0.05, 0.1) is 18.8 Å². The first-order chi connectivity index (χ1) is 15.7. The van der Waals surface area contributed by atoms with Crippen molar-refractivity contribution in [2.75, 3.05) is 19.0 Å². The minimum Gasteiger partial charge on any atom is -0.453 e. The number of carbonyl (C=O) groups is 3. The Balaban J connectivity index is 2.00. The van der Waals surface area contributed by atoms with Crippen molar-refractivity contribution in [3.8, 4) is 11.1 Å². The summed E-state index contributed by atoms with van der Waals surface area (Å²) in [5.41, 5.74) is 2.22. The molecule has 33 heavy (non-hydrogen) atoms. The SMILES string of the molecule is COC(=O)Nc1ccc2c(c1)C(=O)NC/C=C/C[C@H](NC(=O)OC(C)(C)C)c1cc-2ccn1. The van der Waals surface area contributed by atoms with Crippen LogP contribution in [0.2, 0.25) is 0 Å². The van der Waals surface area contributed by atoms with E-state index in [0.717, 1.165) is 5.56 Å². The van der Waals surface area contributed by atoms with E-state index in [9.17, 15) is 14.4 Å². The molecular weight excluding hydrogens is 424 g/mol. The average Bonchev–Trinajstić information content (AvgIpc) is 2.76. The van der Waals surface area contributed by atoms with Crippen molar-refractivity contribution in [3.63, 3.8) is 0 Å². The van der Waals surface area contributed by atoms with Crippen LogP contribution in [-0.2, 0) is 9.47 Å². The highest BCUT2D eigenvalue weighted by atomic mass is 16.6. The quantitative estimate of drug-likeness (QED) is 0.588. The van der Waals surface area contributed by atoms with Crippen molar-refractivity contribution >= 4 is 23.8 Å². The fourth-order valence-corrected chi connectivity index (χ4v) is 3.30. The number of hydrogen-bond acceptors (Lipinski definition) is 6. The summed E-state index contributed by atoms with van der Waals surface area (Å²) >= 11 is 0. The standard InChI is InChI=1S/C24H28N4O5/c1-24(2,3)33-23(31)28-19-7-5-6-11-26-21(29)18-14-16(27-22(30)32-4)8-9-17(18)15-10-12-25-20(19)13-15/h5-6,8-10,12-14,19H,7,11H2,1-4H3,(H,26,29)(H,27,30)(H,28,31)/b6-5+/t19-/m0/s1. The van der Waals surface area contributed by atoms with Gasteiger partial charge in [-0.05, 0) is 62.6 Å². The maximum Gasteiger partial charge on any atom is 0.411 e. The summed E-state index contributed by atoms with van der Waals surface area (Å²) in [6, 6.07) is 8.22. The van der Waals surface area contributed by atoms with Gasteiger partial charge in [0.15, 0.2) is 0 Å². The highest BCUT2D eigenvalue weighted by molar-refractivity contribution is 6.02. The normalized spacial score (nSPS) is 16.7. The molecule has 2 bridgehead atoms. The summed E-state index contributed by atoms with van der Waals surface area (Å²) in [5.74, 6) is -0.287. The number of nitrogens with zero attached hydrogens (tertiary/aromatic N) is 1. The van der Waals surface area contributed by atoms with Crippen molar-refractivity contribution in [1.82, 2.24) is 15.6 Å². The Kier molecular flexibility index (Phi) is 7.32. The van der Waals surface area contributed by atoms with Gasteiger partial charge in [-0.1, -0.05) is 18.2 Å². The van der Waals surface area contributed by atoms with Crippen LogP contribution < -0.4 is 16.0 Å². The maximum absolute atomic E-state index is 12.9. The molecule has 174 valence electrons. The van der Waals surface area contributed by atoms with E-state index in [4.69, 9.17) is 4.74 Å². The summed E-state index contributed by atoms with van der Waals surface area (Å²) in [5, 5.41) is 8.30. The molecule has 1 aliphatic heterocycles. The second-order valence-electron chi connectivity index (χ2n) is 8.46. The van der Waals surface area contributed by atoms with Crippen LogP contribution in [-0.4, -0.2) is 42.3 Å². The molecule has 1 atom stereocenters. The molecule has 0 spiro atoms. The summed E-state index contributed by atoms with van der Waals surface area (Å²) in [7, 11) is 1.27. The Hall–Kier alpha value is -3.88. The second kappa shape index (κ2) is 10.2. The molecule has 0 fully saturated rings. The third-order valence-corrected chi connectivity index (χ3v) is 4.75. The summed E-state index contributed by atoms with van der Waals surface area (Å²) in [4.78, 5) is 41.3. The summed E-state index contributed by atoms with van der Waals surface area (Å²) in [6.07, 6.45) is 4.62. The molecule has 3 amide bonds. The van der Waals surface area contributed by atoms with Crippen molar-refractivity contribution in [1.29, 1.82) is 0 Å². The smallest absolute Gasteiger partial charge is 0.411 e. The van der Waals surface area contributed by atoms with Gasteiger partial charge in [-0.3, -0.25) is 15.1 Å². The number of aromatic nitrogens is 1. The average molecular weight is 453 g/mol. The minimum absolute atomic E-state index is 0.287. The maximum atomic E-state index is 12.9. The van der Waals surface area contributed by atoms with Crippen LogP contribution >= 0.6 is 0 Å². The van der Waals surface area contributed by atoms with Crippen molar-refractivity contribution < 1.29 is 23.9 Å². The number of alkyl carbamates (subject to hydrolysis) is 1. The van der Waals surface area contributed by atoms with E-state index in [1.54, 1.807) is 51.2 Å². The number of rotatable bonds is 2. The van der Waals surface area contributed by atoms with Gasteiger partial charge in [0, 0.05) is 24.0 Å². The third-order valence-electron chi connectivity index (χ3n) is 4.75. The van der Waals surface area contributed by atoms with Crippen molar-refractivity contribution in [2.24, 2.45) is 0 Å². The predicted octanol–water partition coefficient (Wildman–Crippen LogP) is 4.18. The molecule has 0 unspecified atom stereocenters. The molecule has 0 saturated heterocycles. The van der Waals surface area contributed by atoms with Crippen LogP contribution in [0.25, 0.3) is 11.1 Å². The van der Waals surface area contributed by atoms with Crippen molar-refractivity contribution in [3.05, 3.63) is 59.9 Å². The number of carbonyl (C=O) groups excluding carboxylic acids is 3. The number of pyridine rings is 1. The van der Waals surface area contributed by atoms with Gasteiger partial charge in [-0.25, -0.2) is 9.59 Å². The lowest BCUT2D eigenvalue weighted by Crippen LogP contribution is -2.35. The van der Waals surface area contributed by atoms with Gasteiger partial charge >= 0.3 is 12.2 Å². The molecule has 1 aliphatic rings. The summed E-state index contributed by atoms with van der Waals surface area (Å²) in [6.45, 7) is 5.70. The molecule has 0 saturated carbocycles. The Labute approximate surface area is 192 Å². The lowest BCUT2D eigenvalue weighted by molar-refractivity contribution is 0.0502. The highest BCUT2D eigenvalue weighted by Gasteiger charge is 2.22. The van der Waals surface area contributed by atoms with Crippen LogP contribution in [0.3, 0.4) is 0 Å². The Morgan fingerprint density at radius 2 is 1.88 bits per heavy atom. The zero-order valence-electron chi connectivity index (χ0n) is 19.1. The first kappa shape index (κ1) is 23.8. The first-order valence-corrected chi connectivity index (χ1v) is 10.5. The van der Waals surface area contributed by atoms with E-state index in [2.05, 4.69) is 25.7 Å². The monoisotopic (exact) mass is 452 g/mol. The molecule has 1 aromatic carbocycles. The number of benzene rings is 1. The number of methoxy groups -OCH3 is 1. The fourth-order valence-electron chi connectivity index (χ4n) is 3.30. The molecule has 3 N–H and O–H groups in total. The largest absolute Gasteiger partial charge is 0.453 e. The molecule has 1 aromatic heterocycles. The van der Waals surface area contributed by atoms with Gasteiger partial charge in [-0.15, -0.1) is 0 Å². The van der Waals surface area contributed by atoms with Crippen LogP contribution in [0.5, 0.6) is 0 Å². The molecule has 0 radical (unpaired) electrons. The molecule has 9 nitrogen and oxygen atoms in total. The second-order valence-corrected chi connectivity index (χ2v) is 8.46. The Morgan fingerprint density at radius 3 is 2.61 bits per heavy atom. The van der Waals surface area contributed by atoms with E-state index in [1.807, 2.05) is 18.2 Å². The van der Waals surface area contributed by atoms with E-state index in [-0.39, 0.29) is 5.91 Å². The zero-order valence-corrected chi connectivity index (χ0v) is 19.1. The van der Waals surface area contributed by atoms with Gasteiger partial charge in [-0.2, -0.15) is 0 Å². The van der Waals surface area contributed by atoms with E-state index in [1.165, 1.54) is 7.11 Å². The van der Waals surface area contributed by atoms with Crippen LogP contribution in [0.1, 0.15) is 49.3 Å². The lowest BCUT2D eigenvalue weighted by atomic mass is 9.96. The number of hydrogen-bond donors (Lipinski definition) is 3. The predicted molar refractivity (Wildman–Crippen MR) is 124 cm³/mol. The summed E-state index contributed by atoms with van der Waals surface area (Å²) < 4.78 is 10.0. The van der Waals surface area contributed by atoms with Gasteiger partial charge < -0.3 is 20.1 Å². The van der Waals surface area contributed by atoms with Crippen LogP contribution in [0.15, 0.2) is 48.7 Å². The zero-order chi connectivity index (χ0) is 24.0. The fraction of sp³-hybridized carbons (Fsp3) is 0.333. The van der Waals surface area contributed by atoms with Gasteiger partial charge in [0.2, 0.25) is 0 Å². The Morgan fingerprint density at radius 1 is 1.09 bits per heavy atom. The first-order valence-electron chi connectivity index (χ1n) is 10.5. The molecular formula is C24H28N4O5. The minimum atomic E-state index is -0.631. The van der Waals surface area contributed by atoms with Crippen LogP contribution in [0.4, 0.5) is 15.3 Å². The van der Waals surface area contributed by atoms with E-state index < -0.39 is 23.8 Å². The third kappa shape index (κ3) is 6.55.